The molecule has 1 unspecified atom stereocenters. The second kappa shape index (κ2) is 5.25. The molecule has 4 heteroatoms. The standard InChI is InChI=1S/C11H22N2O2/c1-12-8-11(2-5-15-10-11)9-13-3-6-14-7-4-13/h12H,2-10H2,1H3. The fourth-order valence-electron chi connectivity index (χ4n) is 2.58. The molecule has 2 aliphatic rings. The minimum Gasteiger partial charge on any atom is -0.381 e. The largest absolute Gasteiger partial charge is 0.381 e. The Morgan fingerprint density at radius 3 is 2.60 bits per heavy atom. The number of hydrogen-bond acceptors (Lipinski definition) is 4. The summed E-state index contributed by atoms with van der Waals surface area (Å²) in [6.45, 7) is 7.96. The topological polar surface area (TPSA) is 33.7 Å². The summed E-state index contributed by atoms with van der Waals surface area (Å²) >= 11 is 0. The Morgan fingerprint density at radius 1 is 1.20 bits per heavy atom. The van der Waals surface area contributed by atoms with Crippen molar-refractivity contribution in [3.05, 3.63) is 0 Å². The molecular weight excluding hydrogens is 192 g/mol. The van der Waals surface area contributed by atoms with Crippen molar-refractivity contribution in [3.8, 4) is 0 Å². The monoisotopic (exact) mass is 214 g/mol. The van der Waals surface area contributed by atoms with Gasteiger partial charge in [0.25, 0.3) is 0 Å². The Labute approximate surface area is 91.9 Å². The van der Waals surface area contributed by atoms with Crippen molar-refractivity contribution in [1.82, 2.24) is 10.2 Å². The third-order valence-electron chi connectivity index (χ3n) is 3.40. The molecule has 4 nitrogen and oxygen atoms in total. The van der Waals surface area contributed by atoms with Crippen LogP contribution in [-0.4, -0.2) is 64.6 Å². The van der Waals surface area contributed by atoms with Gasteiger partial charge in [-0.3, -0.25) is 4.90 Å². The van der Waals surface area contributed by atoms with Crippen LogP contribution in [0.4, 0.5) is 0 Å². The molecule has 2 saturated heterocycles. The predicted molar refractivity (Wildman–Crippen MR) is 59.1 cm³/mol. The number of morpholine rings is 1. The van der Waals surface area contributed by atoms with Gasteiger partial charge in [-0.05, 0) is 13.5 Å². The van der Waals surface area contributed by atoms with Gasteiger partial charge in [-0.15, -0.1) is 0 Å². The van der Waals surface area contributed by atoms with E-state index in [0.717, 1.165) is 52.6 Å². The van der Waals surface area contributed by atoms with Gasteiger partial charge in [-0.1, -0.05) is 0 Å². The van der Waals surface area contributed by atoms with Crippen molar-refractivity contribution in [3.63, 3.8) is 0 Å². The number of nitrogens with one attached hydrogen (secondary N) is 1. The fraction of sp³-hybridized carbons (Fsp3) is 1.00. The van der Waals surface area contributed by atoms with Crippen molar-refractivity contribution in [2.45, 2.75) is 6.42 Å². The van der Waals surface area contributed by atoms with Crippen molar-refractivity contribution in [2.75, 3.05) is 59.7 Å². The predicted octanol–water partition coefficient (Wildman–Crippen LogP) is -0.0553. The molecule has 0 amide bonds. The van der Waals surface area contributed by atoms with E-state index in [1.165, 1.54) is 6.42 Å². The van der Waals surface area contributed by atoms with Gasteiger partial charge in [0, 0.05) is 38.2 Å². The van der Waals surface area contributed by atoms with Crippen molar-refractivity contribution in [1.29, 1.82) is 0 Å². The Hall–Kier alpha value is -0.160. The van der Waals surface area contributed by atoms with Gasteiger partial charge in [-0.2, -0.15) is 0 Å². The molecule has 1 atom stereocenters. The minimum atomic E-state index is 0.339. The zero-order valence-corrected chi connectivity index (χ0v) is 9.63. The van der Waals surface area contributed by atoms with Crippen LogP contribution in [0.15, 0.2) is 0 Å². The molecule has 2 rings (SSSR count). The van der Waals surface area contributed by atoms with Crippen LogP contribution in [0, 0.1) is 5.41 Å². The van der Waals surface area contributed by atoms with E-state index in [-0.39, 0.29) is 0 Å². The summed E-state index contributed by atoms with van der Waals surface area (Å²) in [5.74, 6) is 0. The lowest BCUT2D eigenvalue weighted by Crippen LogP contribution is -2.47. The van der Waals surface area contributed by atoms with Crippen LogP contribution in [-0.2, 0) is 9.47 Å². The van der Waals surface area contributed by atoms with Gasteiger partial charge in [0.15, 0.2) is 0 Å². The summed E-state index contributed by atoms with van der Waals surface area (Å²) < 4.78 is 10.9. The van der Waals surface area contributed by atoms with Crippen LogP contribution >= 0.6 is 0 Å². The third-order valence-corrected chi connectivity index (χ3v) is 3.40. The van der Waals surface area contributed by atoms with Crippen LogP contribution in [0.5, 0.6) is 0 Å². The highest BCUT2D eigenvalue weighted by molar-refractivity contribution is 4.88. The molecule has 0 aromatic heterocycles. The van der Waals surface area contributed by atoms with E-state index in [2.05, 4.69) is 10.2 Å². The van der Waals surface area contributed by atoms with Gasteiger partial charge >= 0.3 is 0 Å². The van der Waals surface area contributed by atoms with E-state index >= 15 is 0 Å². The number of hydrogen-bond donors (Lipinski definition) is 1. The first-order valence-corrected chi connectivity index (χ1v) is 5.87. The van der Waals surface area contributed by atoms with Crippen molar-refractivity contribution >= 4 is 0 Å². The molecule has 0 radical (unpaired) electrons. The molecule has 2 aliphatic heterocycles. The lowest BCUT2D eigenvalue weighted by Gasteiger charge is -2.36. The highest BCUT2D eigenvalue weighted by Crippen LogP contribution is 2.29. The molecule has 1 N–H and O–H groups in total. The van der Waals surface area contributed by atoms with Gasteiger partial charge in [0.2, 0.25) is 0 Å². The smallest absolute Gasteiger partial charge is 0.0594 e. The molecule has 15 heavy (non-hydrogen) atoms. The molecule has 0 bridgehead atoms. The number of rotatable bonds is 4. The van der Waals surface area contributed by atoms with E-state index in [1.807, 2.05) is 7.05 Å². The fourth-order valence-corrected chi connectivity index (χ4v) is 2.58. The van der Waals surface area contributed by atoms with E-state index in [9.17, 15) is 0 Å². The molecular formula is C11H22N2O2. The number of ether oxygens (including phenoxy) is 2. The van der Waals surface area contributed by atoms with Crippen LogP contribution in [0.25, 0.3) is 0 Å². The van der Waals surface area contributed by atoms with Crippen LogP contribution in [0.2, 0.25) is 0 Å². The zero-order valence-electron chi connectivity index (χ0n) is 9.63. The maximum Gasteiger partial charge on any atom is 0.0594 e. The summed E-state index contributed by atoms with van der Waals surface area (Å²) in [5, 5.41) is 3.30. The Balaban J connectivity index is 1.87. The van der Waals surface area contributed by atoms with Gasteiger partial charge in [0.05, 0.1) is 19.8 Å². The lowest BCUT2D eigenvalue weighted by atomic mass is 9.86. The first kappa shape index (κ1) is 11.3. The second-order valence-electron chi connectivity index (χ2n) is 4.72. The average Bonchev–Trinajstić information content (AvgIpc) is 2.69. The zero-order chi connectivity index (χ0) is 10.6. The molecule has 0 spiro atoms. The van der Waals surface area contributed by atoms with Crippen molar-refractivity contribution < 1.29 is 9.47 Å². The maximum atomic E-state index is 5.56. The second-order valence-corrected chi connectivity index (χ2v) is 4.72. The van der Waals surface area contributed by atoms with Crippen molar-refractivity contribution in [2.24, 2.45) is 5.41 Å². The molecule has 0 aliphatic carbocycles. The summed E-state index contributed by atoms with van der Waals surface area (Å²) in [6, 6.07) is 0. The van der Waals surface area contributed by atoms with E-state index in [0.29, 0.717) is 5.41 Å². The van der Waals surface area contributed by atoms with Crippen LogP contribution in [0.1, 0.15) is 6.42 Å². The van der Waals surface area contributed by atoms with E-state index in [1.54, 1.807) is 0 Å². The van der Waals surface area contributed by atoms with Gasteiger partial charge in [0.1, 0.15) is 0 Å². The Bertz CT molecular complexity index is 187. The SMILES string of the molecule is CNCC1(CN2CCOCC2)CCOC1. The van der Waals surface area contributed by atoms with Crippen LogP contribution in [0.3, 0.4) is 0 Å². The molecule has 2 heterocycles. The number of nitrogens with zero attached hydrogens (tertiary/aromatic N) is 1. The molecule has 2 fully saturated rings. The molecule has 0 aromatic carbocycles. The lowest BCUT2D eigenvalue weighted by molar-refractivity contribution is 0.0133. The highest BCUT2D eigenvalue weighted by atomic mass is 16.5. The maximum absolute atomic E-state index is 5.56. The first-order chi connectivity index (χ1) is 7.35. The Kier molecular flexibility index (Phi) is 3.97. The minimum absolute atomic E-state index is 0.339. The average molecular weight is 214 g/mol. The summed E-state index contributed by atoms with van der Waals surface area (Å²) in [6.07, 6.45) is 1.19. The summed E-state index contributed by atoms with van der Waals surface area (Å²) in [4.78, 5) is 2.51. The third kappa shape index (κ3) is 2.91. The molecule has 0 saturated carbocycles. The molecule has 88 valence electrons. The normalized spacial score (nSPS) is 33.4. The Morgan fingerprint density at radius 2 is 2.00 bits per heavy atom. The van der Waals surface area contributed by atoms with Gasteiger partial charge in [-0.25, -0.2) is 0 Å². The summed E-state index contributed by atoms with van der Waals surface area (Å²) in [5.41, 5.74) is 0.339. The molecule has 0 aromatic rings. The van der Waals surface area contributed by atoms with E-state index < -0.39 is 0 Å². The van der Waals surface area contributed by atoms with E-state index in [4.69, 9.17) is 9.47 Å². The first-order valence-electron chi connectivity index (χ1n) is 5.87. The summed E-state index contributed by atoms with van der Waals surface area (Å²) in [7, 11) is 2.03. The highest BCUT2D eigenvalue weighted by Gasteiger charge is 2.36. The van der Waals surface area contributed by atoms with Crippen LogP contribution < -0.4 is 5.32 Å². The quantitative estimate of drug-likeness (QED) is 0.711. The van der Waals surface area contributed by atoms with Gasteiger partial charge < -0.3 is 14.8 Å².